The number of pyridine rings is 1. The summed E-state index contributed by atoms with van der Waals surface area (Å²) in [7, 11) is 0. The number of nitrogens with zero attached hydrogens (tertiary/aromatic N) is 1. The number of carbonyl (C=O) groups excluding carboxylic acids is 2. The highest BCUT2D eigenvalue weighted by atomic mass is 16.2. The Labute approximate surface area is 164 Å². The van der Waals surface area contributed by atoms with E-state index in [2.05, 4.69) is 15.6 Å². The molecule has 0 bridgehead atoms. The van der Waals surface area contributed by atoms with Crippen LogP contribution in [0, 0.1) is 13.8 Å². The maximum Gasteiger partial charge on any atom is 0.253 e. The van der Waals surface area contributed by atoms with E-state index in [1.807, 2.05) is 62.4 Å². The maximum absolute atomic E-state index is 12.4. The summed E-state index contributed by atoms with van der Waals surface area (Å²) >= 11 is 0. The fourth-order valence-corrected chi connectivity index (χ4v) is 2.79. The summed E-state index contributed by atoms with van der Waals surface area (Å²) < 4.78 is 0. The quantitative estimate of drug-likeness (QED) is 0.694. The van der Waals surface area contributed by atoms with Crippen LogP contribution in [0.5, 0.6) is 0 Å². The summed E-state index contributed by atoms with van der Waals surface area (Å²) in [6.07, 6.45) is 2.92. The maximum atomic E-state index is 12.4. The van der Waals surface area contributed by atoms with Crippen LogP contribution in [0.15, 0.2) is 67.0 Å². The fraction of sp³-hybridized carbons (Fsp3) is 0.174. The topological polar surface area (TPSA) is 71.1 Å². The molecule has 0 spiro atoms. The summed E-state index contributed by atoms with van der Waals surface area (Å²) in [5.41, 5.74) is 5.06. The number of rotatable bonds is 6. The minimum atomic E-state index is -0.263. The number of hydrogen-bond donors (Lipinski definition) is 2. The van der Waals surface area contributed by atoms with Crippen LogP contribution in [0.4, 0.5) is 0 Å². The number of aromatic nitrogens is 1. The van der Waals surface area contributed by atoms with Crippen LogP contribution in [0.3, 0.4) is 0 Å². The Morgan fingerprint density at radius 2 is 1.36 bits per heavy atom. The number of nitrogens with one attached hydrogen (secondary N) is 2. The number of benzene rings is 2. The molecule has 0 unspecified atom stereocenters. The monoisotopic (exact) mass is 373 g/mol. The largest absolute Gasteiger partial charge is 0.348 e. The zero-order chi connectivity index (χ0) is 19.9. The first kappa shape index (κ1) is 19.3. The molecule has 2 aromatic carbocycles. The molecule has 0 radical (unpaired) electrons. The van der Waals surface area contributed by atoms with Gasteiger partial charge in [0.25, 0.3) is 11.8 Å². The molecule has 3 rings (SSSR count). The molecule has 0 aliphatic rings. The first-order valence-electron chi connectivity index (χ1n) is 9.14. The van der Waals surface area contributed by atoms with E-state index in [0.717, 1.165) is 16.7 Å². The van der Waals surface area contributed by atoms with Gasteiger partial charge in [0.05, 0.1) is 11.1 Å². The highest BCUT2D eigenvalue weighted by Gasteiger charge is 2.11. The van der Waals surface area contributed by atoms with Gasteiger partial charge in [-0.1, -0.05) is 59.7 Å². The summed E-state index contributed by atoms with van der Waals surface area (Å²) in [4.78, 5) is 28.8. The van der Waals surface area contributed by atoms with Crippen LogP contribution in [0.2, 0.25) is 0 Å². The number of carbonyl (C=O) groups is 2. The summed E-state index contributed by atoms with van der Waals surface area (Å²) in [6, 6.07) is 17.5. The highest BCUT2D eigenvalue weighted by Crippen LogP contribution is 2.07. The van der Waals surface area contributed by atoms with Gasteiger partial charge in [-0.2, -0.15) is 0 Å². The fourth-order valence-electron chi connectivity index (χ4n) is 2.79. The van der Waals surface area contributed by atoms with E-state index < -0.39 is 0 Å². The Kier molecular flexibility index (Phi) is 6.17. The first-order chi connectivity index (χ1) is 13.5. The SMILES string of the molecule is Cc1ccc(CNC(=O)c2cncc(C(=O)NCc3cccc(C)c3)c2)cc1. The lowest BCUT2D eigenvalue weighted by Gasteiger charge is -2.08. The van der Waals surface area contributed by atoms with Crippen LogP contribution in [-0.4, -0.2) is 16.8 Å². The van der Waals surface area contributed by atoms with E-state index in [1.54, 1.807) is 6.07 Å². The van der Waals surface area contributed by atoms with E-state index in [0.29, 0.717) is 24.2 Å². The molecule has 142 valence electrons. The highest BCUT2D eigenvalue weighted by molar-refractivity contribution is 5.99. The van der Waals surface area contributed by atoms with Crippen molar-refractivity contribution < 1.29 is 9.59 Å². The van der Waals surface area contributed by atoms with Crippen molar-refractivity contribution in [2.75, 3.05) is 0 Å². The van der Waals surface area contributed by atoms with Crippen molar-refractivity contribution in [3.8, 4) is 0 Å². The predicted octanol–water partition coefficient (Wildman–Crippen LogP) is 3.56. The van der Waals surface area contributed by atoms with Gasteiger partial charge in [-0.15, -0.1) is 0 Å². The average molecular weight is 373 g/mol. The Bertz CT molecular complexity index is 981. The third-order valence-corrected chi connectivity index (χ3v) is 4.37. The Balaban J connectivity index is 1.59. The van der Waals surface area contributed by atoms with Gasteiger partial charge in [0.1, 0.15) is 0 Å². The summed E-state index contributed by atoms with van der Waals surface area (Å²) in [6.45, 7) is 4.87. The van der Waals surface area contributed by atoms with Crippen molar-refractivity contribution in [3.63, 3.8) is 0 Å². The number of amides is 2. The normalized spacial score (nSPS) is 10.4. The van der Waals surface area contributed by atoms with Gasteiger partial charge < -0.3 is 10.6 Å². The van der Waals surface area contributed by atoms with Gasteiger partial charge >= 0.3 is 0 Å². The molecule has 1 aromatic heterocycles. The molecule has 28 heavy (non-hydrogen) atoms. The van der Waals surface area contributed by atoms with E-state index in [-0.39, 0.29) is 11.8 Å². The molecule has 5 heteroatoms. The second kappa shape index (κ2) is 8.95. The summed E-state index contributed by atoms with van der Waals surface area (Å²) in [5.74, 6) is -0.524. The van der Waals surface area contributed by atoms with Gasteiger partial charge in [0.2, 0.25) is 0 Å². The minimum Gasteiger partial charge on any atom is -0.348 e. The van der Waals surface area contributed by atoms with Crippen molar-refractivity contribution in [2.45, 2.75) is 26.9 Å². The molecule has 5 nitrogen and oxygen atoms in total. The second-order valence-electron chi connectivity index (χ2n) is 6.80. The Morgan fingerprint density at radius 1 is 0.750 bits per heavy atom. The zero-order valence-electron chi connectivity index (χ0n) is 16.0. The van der Waals surface area contributed by atoms with Crippen LogP contribution < -0.4 is 10.6 Å². The predicted molar refractivity (Wildman–Crippen MR) is 109 cm³/mol. The van der Waals surface area contributed by atoms with Crippen LogP contribution >= 0.6 is 0 Å². The van der Waals surface area contributed by atoms with E-state index in [1.165, 1.54) is 18.0 Å². The average Bonchev–Trinajstić information content (AvgIpc) is 2.71. The van der Waals surface area contributed by atoms with Crippen molar-refractivity contribution in [1.82, 2.24) is 15.6 Å². The van der Waals surface area contributed by atoms with Gasteiger partial charge in [-0.05, 0) is 31.0 Å². The van der Waals surface area contributed by atoms with Crippen molar-refractivity contribution in [3.05, 3.63) is 100 Å². The molecule has 0 atom stereocenters. The molecule has 2 amide bonds. The smallest absolute Gasteiger partial charge is 0.253 e. The van der Waals surface area contributed by atoms with Gasteiger partial charge in [0, 0.05) is 25.5 Å². The molecule has 0 saturated heterocycles. The van der Waals surface area contributed by atoms with Crippen molar-refractivity contribution in [2.24, 2.45) is 0 Å². The van der Waals surface area contributed by atoms with E-state index in [4.69, 9.17) is 0 Å². The van der Waals surface area contributed by atoms with E-state index >= 15 is 0 Å². The molecular weight excluding hydrogens is 350 g/mol. The third kappa shape index (κ3) is 5.27. The van der Waals surface area contributed by atoms with Crippen molar-refractivity contribution in [1.29, 1.82) is 0 Å². The zero-order valence-corrected chi connectivity index (χ0v) is 16.0. The first-order valence-corrected chi connectivity index (χ1v) is 9.14. The molecule has 0 saturated carbocycles. The standard InChI is InChI=1S/C23H23N3O2/c1-16-6-8-18(9-7-16)12-25-22(27)20-11-21(15-24-14-20)23(28)26-13-19-5-3-4-17(2)10-19/h3-11,14-15H,12-13H2,1-2H3,(H,25,27)(H,26,28). The van der Waals surface area contributed by atoms with Gasteiger partial charge in [-0.3, -0.25) is 14.6 Å². The molecule has 1 heterocycles. The third-order valence-electron chi connectivity index (χ3n) is 4.37. The van der Waals surface area contributed by atoms with Crippen molar-refractivity contribution >= 4 is 11.8 Å². The van der Waals surface area contributed by atoms with Gasteiger partial charge in [-0.25, -0.2) is 0 Å². The lowest BCUT2D eigenvalue weighted by molar-refractivity contribution is 0.0950. The lowest BCUT2D eigenvalue weighted by atomic mass is 10.1. The Hall–Kier alpha value is -3.47. The number of hydrogen-bond acceptors (Lipinski definition) is 3. The molecule has 3 aromatic rings. The minimum absolute atomic E-state index is 0.262. The molecule has 0 aliphatic carbocycles. The number of aryl methyl sites for hydroxylation is 2. The molecule has 0 fully saturated rings. The van der Waals surface area contributed by atoms with E-state index in [9.17, 15) is 9.59 Å². The second-order valence-corrected chi connectivity index (χ2v) is 6.80. The van der Waals surface area contributed by atoms with Crippen LogP contribution in [-0.2, 0) is 13.1 Å². The molecule has 0 aliphatic heterocycles. The molecule has 2 N–H and O–H groups in total. The molecular formula is C23H23N3O2. The lowest BCUT2D eigenvalue weighted by Crippen LogP contribution is -2.25. The van der Waals surface area contributed by atoms with Crippen LogP contribution in [0.25, 0.3) is 0 Å². The summed E-state index contributed by atoms with van der Waals surface area (Å²) in [5, 5.41) is 5.72. The van der Waals surface area contributed by atoms with Crippen LogP contribution in [0.1, 0.15) is 43.0 Å². The Morgan fingerprint density at radius 3 is 1.96 bits per heavy atom. The van der Waals surface area contributed by atoms with Gasteiger partial charge in [0.15, 0.2) is 0 Å².